The fourth-order valence-corrected chi connectivity index (χ4v) is 9.43. The Balaban J connectivity index is 4.87. The Morgan fingerprint density at radius 1 is 0.295 bits per heavy atom. The number of aliphatic hydroxyl groups is 2. The molecule has 0 aliphatic carbocycles. The van der Waals surface area contributed by atoms with E-state index in [1.807, 2.05) is 12.2 Å². The molecule has 0 aromatic heterocycles. The van der Waals surface area contributed by atoms with Crippen LogP contribution in [0.2, 0.25) is 0 Å². The number of aliphatic hydroxyl groups excluding tert-OH is 2. The second kappa shape index (κ2) is 68.1. The number of allylic oxidation sites excluding steroid dienone is 34. The van der Waals surface area contributed by atoms with Crippen LogP contribution in [0.5, 0.6) is 0 Å². The van der Waals surface area contributed by atoms with Gasteiger partial charge in [0.25, 0.3) is 0 Å². The molecule has 95 heavy (non-hydrogen) atoms. The molecule has 5 unspecified atom stereocenters. The summed E-state index contributed by atoms with van der Waals surface area (Å²) in [7, 11) is -9.85. The van der Waals surface area contributed by atoms with Crippen LogP contribution in [0.25, 0.3) is 0 Å². The third kappa shape index (κ3) is 69.3. The number of carbonyl (C=O) groups excluding carboxylic acids is 3. The smallest absolute Gasteiger partial charge is 0.463 e. The van der Waals surface area contributed by atoms with Crippen molar-refractivity contribution in [2.24, 2.45) is 0 Å². The van der Waals surface area contributed by atoms with Gasteiger partial charge < -0.3 is 34.2 Å². The summed E-state index contributed by atoms with van der Waals surface area (Å²) in [6, 6.07) is 0. The maximum Gasteiger partial charge on any atom is 0.472 e. The van der Waals surface area contributed by atoms with Crippen molar-refractivity contribution in [1.82, 2.24) is 0 Å². The number of esters is 3. The number of ether oxygens (including phenoxy) is 3. The lowest BCUT2D eigenvalue weighted by Crippen LogP contribution is -2.30. The monoisotopic (exact) mass is 1360 g/mol. The van der Waals surface area contributed by atoms with Crippen LogP contribution in [0.3, 0.4) is 0 Å². The highest BCUT2D eigenvalue weighted by atomic mass is 31.2. The van der Waals surface area contributed by atoms with Gasteiger partial charge in [-0.15, -0.1) is 0 Å². The molecule has 0 spiro atoms. The second-order valence-corrected chi connectivity index (χ2v) is 24.7. The molecular formula is C77H118O16P2. The van der Waals surface area contributed by atoms with Crippen molar-refractivity contribution in [3.05, 3.63) is 207 Å². The SMILES string of the molecule is CC/C=C\C/C=C\C/C=C\C/C=C\C/C=C\C/C=C\CCCCC(=O)OCC(O)COP(=O)(O)OCC(O)COP(=O)(O)OCC(COC(=O)CCCC/C=C\C/C=C\C/C=C\C/C=C\C/C=C\C/C=C\CC)OC(=O)CCC/C=C\C/C=C\C/C=C\C/C=C\C/C=C\CC. The third-order valence-electron chi connectivity index (χ3n) is 13.0. The molecule has 0 radical (unpaired) electrons. The number of phosphoric ester groups is 2. The minimum Gasteiger partial charge on any atom is -0.463 e. The van der Waals surface area contributed by atoms with Crippen LogP contribution >= 0.6 is 15.6 Å². The quantitative estimate of drug-likeness (QED) is 0.0146. The van der Waals surface area contributed by atoms with Crippen LogP contribution in [-0.2, 0) is 55.8 Å². The predicted molar refractivity (Wildman–Crippen MR) is 389 cm³/mol. The molecule has 16 nitrogen and oxygen atoms in total. The van der Waals surface area contributed by atoms with E-state index in [0.717, 1.165) is 135 Å². The minimum atomic E-state index is -4.97. The maximum atomic E-state index is 12.9. The van der Waals surface area contributed by atoms with Crippen LogP contribution < -0.4 is 0 Å². The second-order valence-electron chi connectivity index (χ2n) is 21.8. The van der Waals surface area contributed by atoms with Crippen LogP contribution in [0.15, 0.2) is 207 Å². The minimum absolute atomic E-state index is 0.00495. The van der Waals surface area contributed by atoms with E-state index in [0.29, 0.717) is 25.7 Å². The van der Waals surface area contributed by atoms with Crippen molar-refractivity contribution >= 4 is 33.6 Å². The van der Waals surface area contributed by atoms with Gasteiger partial charge >= 0.3 is 33.6 Å². The van der Waals surface area contributed by atoms with E-state index in [-0.39, 0.29) is 19.3 Å². The Kier molecular flexibility index (Phi) is 63.9. The van der Waals surface area contributed by atoms with Crippen molar-refractivity contribution in [2.75, 3.05) is 39.6 Å². The van der Waals surface area contributed by atoms with Crippen molar-refractivity contribution in [2.45, 2.75) is 219 Å². The molecule has 0 aliphatic heterocycles. The van der Waals surface area contributed by atoms with Crippen LogP contribution in [0.1, 0.15) is 201 Å². The van der Waals surface area contributed by atoms with Crippen LogP contribution in [0.4, 0.5) is 0 Å². The van der Waals surface area contributed by atoms with Gasteiger partial charge in [-0.3, -0.25) is 32.5 Å². The molecule has 0 aromatic rings. The molecule has 0 bridgehead atoms. The van der Waals surface area contributed by atoms with Gasteiger partial charge in [-0.25, -0.2) is 9.13 Å². The molecule has 0 saturated heterocycles. The first-order valence-corrected chi connectivity index (χ1v) is 37.4. The summed E-state index contributed by atoms with van der Waals surface area (Å²) >= 11 is 0. The summed E-state index contributed by atoms with van der Waals surface area (Å²) in [4.78, 5) is 58.4. The van der Waals surface area contributed by atoms with Gasteiger partial charge in [0.2, 0.25) is 0 Å². The topological polar surface area (TPSA) is 231 Å². The molecule has 0 aliphatic rings. The van der Waals surface area contributed by atoms with Gasteiger partial charge in [0.05, 0.1) is 26.4 Å². The molecule has 0 amide bonds. The van der Waals surface area contributed by atoms with E-state index in [4.69, 9.17) is 32.3 Å². The zero-order valence-electron chi connectivity index (χ0n) is 57.5. The number of hydrogen-bond donors (Lipinski definition) is 4. The summed E-state index contributed by atoms with van der Waals surface area (Å²) < 4.78 is 60.8. The number of carbonyl (C=O) groups is 3. The van der Waals surface area contributed by atoms with Crippen molar-refractivity contribution in [3.63, 3.8) is 0 Å². The fourth-order valence-electron chi connectivity index (χ4n) is 7.84. The summed E-state index contributed by atoms with van der Waals surface area (Å²) in [6.07, 6.45) is 88.9. The molecule has 18 heteroatoms. The van der Waals surface area contributed by atoms with E-state index in [2.05, 4.69) is 215 Å². The highest BCUT2D eigenvalue weighted by Gasteiger charge is 2.29. The molecule has 0 heterocycles. The lowest BCUT2D eigenvalue weighted by Gasteiger charge is -2.21. The van der Waals surface area contributed by atoms with Gasteiger partial charge in [0.15, 0.2) is 6.10 Å². The molecule has 0 aromatic carbocycles. The number of phosphoric acid groups is 2. The highest BCUT2D eigenvalue weighted by Crippen LogP contribution is 2.45. The Labute approximate surface area is 571 Å². The lowest BCUT2D eigenvalue weighted by atomic mass is 10.2. The standard InChI is InChI=1S/C77H118O16P2/c1-4-7-10-13-16-19-22-25-28-31-33-35-37-40-42-45-48-51-54-57-60-63-75(80)87-66-72(78)67-89-94(83,84)90-68-73(79)69-91-95(85,86)92-71-74(93-77(82)65-62-59-56-53-50-47-44-39-30-27-24-21-18-15-12-9-6-3)70-88-76(81)64-61-58-55-52-49-46-43-41-38-36-34-32-29-26-23-20-17-14-11-8-5-2/h7-12,16-21,25-30,33-36,40-44,47-49,51-53,56,72-74,78-79H,4-6,13-15,22-24,31-32,37-39,45-46,50,54-55,57-71H2,1-3H3,(H,83,84)(H,85,86)/b10-7-,11-8-,12-9-,19-16-,20-17-,21-18-,28-25-,29-26-,30-27-,35-33-,36-34-,42-40-,43-41-,47-44-,51-48-,52-49-,56-53-. The molecule has 0 rings (SSSR count). The maximum absolute atomic E-state index is 12.9. The van der Waals surface area contributed by atoms with Gasteiger partial charge in [0, 0.05) is 19.3 Å². The summed E-state index contributed by atoms with van der Waals surface area (Å²) in [6.45, 7) is 2.09. The van der Waals surface area contributed by atoms with Crippen LogP contribution in [-0.4, -0.2) is 95.9 Å². The summed E-state index contributed by atoms with van der Waals surface area (Å²) in [5, 5.41) is 20.5. The lowest BCUT2D eigenvalue weighted by molar-refractivity contribution is -0.161. The third-order valence-corrected chi connectivity index (χ3v) is 14.9. The van der Waals surface area contributed by atoms with Gasteiger partial charge in [-0.2, -0.15) is 0 Å². The average Bonchev–Trinajstić information content (AvgIpc) is 1.99. The Bertz CT molecular complexity index is 2560. The van der Waals surface area contributed by atoms with Gasteiger partial charge in [-0.05, 0) is 161 Å². The number of hydrogen-bond acceptors (Lipinski definition) is 14. The van der Waals surface area contributed by atoms with Crippen molar-refractivity contribution in [3.8, 4) is 0 Å². The molecule has 0 fully saturated rings. The molecule has 532 valence electrons. The van der Waals surface area contributed by atoms with E-state index < -0.39 is 91.5 Å². The molecule has 0 saturated carbocycles. The largest absolute Gasteiger partial charge is 0.472 e. The summed E-state index contributed by atoms with van der Waals surface area (Å²) in [5.74, 6) is -1.76. The first-order chi connectivity index (χ1) is 46.2. The van der Waals surface area contributed by atoms with Crippen molar-refractivity contribution < 1.29 is 75.8 Å². The molecular weight excluding hydrogens is 1240 g/mol. The number of rotatable bonds is 62. The average molecular weight is 1360 g/mol. The van der Waals surface area contributed by atoms with Gasteiger partial charge in [-0.1, -0.05) is 227 Å². The highest BCUT2D eigenvalue weighted by molar-refractivity contribution is 7.47. The first kappa shape index (κ1) is 89.1. The molecule has 4 N–H and O–H groups in total. The van der Waals surface area contributed by atoms with E-state index in [1.165, 1.54) is 0 Å². The first-order valence-electron chi connectivity index (χ1n) is 34.4. The van der Waals surface area contributed by atoms with E-state index in [1.54, 1.807) is 0 Å². The summed E-state index contributed by atoms with van der Waals surface area (Å²) in [5.41, 5.74) is 0. The predicted octanol–water partition coefficient (Wildman–Crippen LogP) is 19.4. The van der Waals surface area contributed by atoms with Gasteiger partial charge in [0.1, 0.15) is 25.4 Å². The van der Waals surface area contributed by atoms with E-state index in [9.17, 15) is 43.5 Å². The normalized spacial score (nSPS) is 15.4. The Morgan fingerprint density at radius 2 is 0.526 bits per heavy atom. The zero-order valence-corrected chi connectivity index (χ0v) is 59.3. The fraction of sp³-hybridized carbons (Fsp3) is 0.519. The van der Waals surface area contributed by atoms with E-state index >= 15 is 0 Å². The van der Waals surface area contributed by atoms with Crippen LogP contribution in [0, 0.1) is 0 Å². The zero-order chi connectivity index (χ0) is 69.5. The van der Waals surface area contributed by atoms with Crippen molar-refractivity contribution in [1.29, 1.82) is 0 Å². The Hall–Kier alpha value is -5.87. The number of unbranched alkanes of at least 4 members (excludes halogenated alkanes) is 5. The molecule has 5 atom stereocenters. The Morgan fingerprint density at radius 3 is 0.821 bits per heavy atom.